The fraction of sp³-hybridized carbons (Fsp3) is 0.0400. The fourth-order valence-corrected chi connectivity index (χ4v) is 3.54. The van der Waals surface area contributed by atoms with Gasteiger partial charge in [-0.25, -0.2) is 0 Å². The highest BCUT2D eigenvalue weighted by molar-refractivity contribution is 6.03. The highest BCUT2D eigenvalue weighted by Crippen LogP contribution is 2.30. The van der Waals surface area contributed by atoms with Crippen LogP contribution in [0.15, 0.2) is 95.4 Å². The third-order valence-electron chi connectivity index (χ3n) is 5.05. The molecular formula is C25H19N3O3. The molecule has 0 saturated carbocycles. The van der Waals surface area contributed by atoms with Crippen LogP contribution in [0.1, 0.15) is 16.1 Å². The monoisotopic (exact) mass is 409 g/mol. The number of fused-ring (bicyclic) bond motifs is 1. The molecule has 31 heavy (non-hydrogen) atoms. The van der Waals surface area contributed by atoms with E-state index in [9.17, 15) is 9.90 Å². The van der Waals surface area contributed by atoms with Gasteiger partial charge in [-0.2, -0.15) is 5.10 Å². The van der Waals surface area contributed by atoms with Gasteiger partial charge in [0, 0.05) is 5.39 Å². The second kappa shape index (κ2) is 7.84. The van der Waals surface area contributed by atoms with E-state index in [1.54, 1.807) is 30.3 Å². The minimum absolute atomic E-state index is 0.00622. The number of nitrogens with one attached hydrogen (secondary N) is 1. The third kappa shape index (κ3) is 3.67. The Morgan fingerprint density at radius 2 is 1.65 bits per heavy atom. The largest absolute Gasteiger partial charge is 0.506 e. The van der Waals surface area contributed by atoms with E-state index >= 15 is 0 Å². The van der Waals surface area contributed by atoms with Crippen LogP contribution in [-0.4, -0.2) is 20.8 Å². The van der Waals surface area contributed by atoms with E-state index < -0.39 is 5.91 Å². The molecule has 0 saturated heterocycles. The summed E-state index contributed by atoms with van der Waals surface area (Å²) in [5.74, 6) is 0.194. The molecule has 5 aromatic rings. The molecule has 0 atom stereocenters. The summed E-state index contributed by atoms with van der Waals surface area (Å²) >= 11 is 0. The van der Waals surface area contributed by atoms with Crippen LogP contribution in [0.4, 0.5) is 5.69 Å². The van der Waals surface area contributed by atoms with Crippen LogP contribution in [0.25, 0.3) is 22.4 Å². The number of hydrogen-bond donors (Lipinski definition) is 2. The number of phenolic OH excluding ortho intramolecular Hbond substituents is 1. The van der Waals surface area contributed by atoms with Crippen molar-refractivity contribution >= 4 is 22.5 Å². The lowest BCUT2D eigenvalue weighted by Crippen LogP contribution is -2.10. The van der Waals surface area contributed by atoms with Crippen molar-refractivity contribution in [1.29, 1.82) is 0 Å². The highest BCUT2D eigenvalue weighted by atomic mass is 16.4. The maximum atomic E-state index is 12.6. The molecule has 1 amide bonds. The van der Waals surface area contributed by atoms with Gasteiger partial charge < -0.3 is 14.8 Å². The van der Waals surface area contributed by atoms with Crippen molar-refractivity contribution in [1.82, 2.24) is 9.78 Å². The van der Waals surface area contributed by atoms with Gasteiger partial charge in [0.1, 0.15) is 11.4 Å². The molecule has 0 aliphatic carbocycles. The fourth-order valence-electron chi connectivity index (χ4n) is 3.54. The minimum atomic E-state index is -0.444. The van der Waals surface area contributed by atoms with Gasteiger partial charge in [0.15, 0.2) is 11.5 Å². The lowest BCUT2D eigenvalue weighted by atomic mass is 10.2. The van der Waals surface area contributed by atoms with E-state index in [1.807, 2.05) is 47.1 Å². The summed E-state index contributed by atoms with van der Waals surface area (Å²) in [7, 11) is 0. The van der Waals surface area contributed by atoms with Gasteiger partial charge in [0.05, 0.1) is 17.7 Å². The van der Waals surface area contributed by atoms with Gasteiger partial charge in [-0.3, -0.25) is 9.48 Å². The van der Waals surface area contributed by atoms with E-state index in [2.05, 4.69) is 17.4 Å². The number of benzene rings is 3. The molecule has 0 bridgehead atoms. The topological polar surface area (TPSA) is 80.3 Å². The molecule has 0 spiro atoms. The number of para-hydroxylation sites is 3. The lowest BCUT2D eigenvalue weighted by Gasteiger charge is -2.04. The Hall–Kier alpha value is -4.32. The van der Waals surface area contributed by atoms with Crippen LogP contribution in [-0.2, 0) is 6.54 Å². The summed E-state index contributed by atoms with van der Waals surface area (Å²) in [5, 5.41) is 18.3. The Balaban J connectivity index is 1.47. The molecule has 0 aliphatic rings. The number of carbonyl (C=O) groups is 1. The summed E-state index contributed by atoms with van der Waals surface area (Å²) in [6.45, 7) is 0.628. The molecule has 0 radical (unpaired) electrons. The van der Waals surface area contributed by atoms with Crippen LogP contribution in [0.5, 0.6) is 5.75 Å². The summed E-state index contributed by atoms with van der Waals surface area (Å²) < 4.78 is 7.78. The highest BCUT2D eigenvalue weighted by Gasteiger charge is 2.18. The van der Waals surface area contributed by atoms with E-state index in [4.69, 9.17) is 9.52 Å². The van der Waals surface area contributed by atoms with Crippen LogP contribution < -0.4 is 5.32 Å². The molecule has 0 unspecified atom stereocenters. The van der Waals surface area contributed by atoms with Gasteiger partial charge >= 0.3 is 0 Å². The van der Waals surface area contributed by atoms with Crippen molar-refractivity contribution in [2.45, 2.75) is 6.54 Å². The number of phenols is 1. The zero-order valence-corrected chi connectivity index (χ0v) is 16.5. The van der Waals surface area contributed by atoms with Gasteiger partial charge in [-0.15, -0.1) is 0 Å². The van der Waals surface area contributed by atoms with Crippen LogP contribution in [0.3, 0.4) is 0 Å². The first-order valence-corrected chi connectivity index (χ1v) is 9.88. The van der Waals surface area contributed by atoms with Crippen molar-refractivity contribution in [3.63, 3.8) is 0 Å². The maximum Gasteiger partial charge on any atom is 0.291 e. The average molecular weight is 409 g/mol. The summed E-state index contributed by atoms with van der Waals surface area (Å²) in [6.07, 6.45) is 0. The molecule has 2 heterocycles. The first kappa shape index (κ1) is 18.7. The molecule has 2 N–H and O–H groups in total. The van der Waals surface area contributed by atoms with Gasteiger partial charge in [0.25, 0.3) is 5.91 Å². The smallest absolute Gasteiger partial charge is 0.291 e. The van der Waals surface area contributed by atoms with E-state index in [0.717, 1.165) is 16.5 Å². The number of carbonyl (C=O) groups excluding carboxylic acids is 1. The molecule has 6 nitrogen and oxygen atoms in total. The number of hydrogen-bond acceptors (Lipinski definition) is 4. The van der Waals surface area contributed by atoms with Gasteiger partial charge in [-0.05, 0) is 35.9 Å². The van der Waals surface area contributed by atoms with Crippen LogP contribution in [0.2, 0.25) is 0 Å². The maximum absolute atomic E-state index is 12.6. The molecule has 2 aromatic heterocycles. The van der Waals surface area contributed by atoms with Crippen LogP contribution >= 0.6 is 0 Å². The number of amides is 1. The second-order valence-electron chi connectivity index (χ2n) is 7.14. The van der Waals surface area contributed by atoms with E-state index in [-0.39, 0.29) is 11.5 Å². The molecule has 6 heteroatoms. The molecule has 0 aliphatic heterocycles. The standard InChI is InChI=1S/C25H19N3O3/c29-21-13-7-5-11-19(21)26-25(30)23-15-14-22(31-23)24-18-10-4-6-12-20(18)28(27-24)16-17-8-2-1-3-9-17/h1-15,29H,16H2,(H,26,30). The van der Waals surface area contributed by atoms with Crippen molar-refractivity contribution in [3.8, 4) is 17.2 Å². The predicted molar refractivity (Wildman–Crippen MR) is 119 cm³/mol. The van der Waals surface area contributed by atoms with Gasteiger partial charge in [0.2, 0.25) is 0 Å². The zero-order chi connectivity index (χ0) is 21.2. The lowest BCUT2D eigenvalue weighted by molar-refractivity contribution is 0.0997. The van der Waals surface area contributed by atoms with Crippen molar-refractivity contribution in [2.75, 3.05) is 5.32 Å². The Bertz CT molecular complexity index is 1370. The summed E-state index contributed by atoms with van der Waals surface area (Å²) in [6, 6.07) is 27.9. The second-order valence-corrected chi connectivity index (χ2v) is 7.14. The average Bonchev–Trinajstić information content (AvgIpc) is 3.42. The minimum Gasteiger partial charge on any atom is -0.506 e. The van der Waals surface area contributed by atoms with Crippen molar-refractivity contribution < 1.29 is 14.3 Å². The quantitative estimate of drug-likeness (QED) is 0.386. The molecule has 5 rings (SSSR count). The van der Waals surface area contributed by atoms with Crippen molar-refractivity contribution in [3.05, 3.63) is 102 Å². The number of anilines is 1. The third-order valence-corrected chi connectivity index (χ3v) is 5.05. The zero-order valence-electron chi connectivity index (χ0n) is 16.5. The van der Waals surface area contributed by atoms with Crippen molar-refractivity contribution in [2.24, 2.45) is 0 Å². The van der Waals surface area contributed by atoms with E-state index in [0.29, 0.717) is 23.7 Å². The number of nitrogens with zero attached hydrogens (tertiary/aromatic N) is 2. The first-order valence-electron chi connectivity index (χ1n) is 9.88. The van der Waals surface area contributed by atoms with Gasteiger partial charge in [-0.1, -0.05) is 60.7 Å². The first-order chi connectivity index (χ1) is 15.2. The number of aromatic hydroxyl groups is 1. The van der Waals surface area contributed by atoms with Crippen LogP contribution in [0, 0.1) is 0 Å². The normalized spacial score (nSPS) is 11.0. The predicted octanol–water partition coefficient (Wildman–Crippen LogP) is 5.30. The Labute approximate surface area is 178 Å². The number of rotatable bonds is 5. The molecular weight excluding hydrogens is 390 g/mol. The number of aromatic nitrogens is 2. The van der Waals surface area contributed by atoms with E-state index in [1.165, 1.54) is 6.07 Å². The Kier molecular flexibility index (Phi) is 4.72. The molecule has 3 aromatic carbocycles. The Morgan fingerprint density at radius 1 is 0.903 bits per heavy atom. The summed E-state index contributed by atoms with van der Waals surface area (Å²) in [4.78, 5) is 12.6. The molecule has 0 fully saturated rings. The SMILES string of the molecule is O=C(Nc1ccccc1O)c1ccc(-c2nn(Cc3ccccc3)c3ccccc23)o1. The Morgan fingerprint density at radius 3 is 2.48 bits per heavy atom. The molecule has 152 valence electrons. The number of furan rings is 1. The summed E-state index contributed by atoms with van der Waals surface area (Å²) in [5.41, 5.74) is 3.12.